The van der Waals surface area contributed by atoms with E-state index >= 15 is 0 Å². The standard InChI is InChI=1S/C18H17FN4O2/c1-2-24-17-13(4-3-10-20-17)12-22-18-21-11-9-16(23-18)25-15-7-5-14(19)6-8-15/h3-11H,2,12H2,1H3,(H,21,22,23). The van der Waals surface area contributed by atoms with Gasteiger partial charge in [-0.2, -0.15) is 4.98 Å². The molecule has 0 amide bonds. The van der Waals surface area contributed by atoms with Crippen molar-refractivity contribution in [3.8, 4) is 17.5 Å². The minimum atomic E-state index is -0.320. The monoisotopic (exact) mass is 340 g/mol. The number of ether oxygens (including phenoxy) is 2. The maximum atomic E-state index is 12.9. The van der Waals surface area contributed by atoms with E-state index in [9.17, 15) is 4.39 Å². The van der Waals surface area contributed by atoms with Crippen LogP contribution in [-0.2, 0) is 6.54 Å². The topological polar surface area (TPSA) is 69.2 Å². The minimum Gasteiger partial charge on any atom is -0.478 e. The molecule has 7 heteroatoms. The van der Waals surface area contributed by atoms with Gasteiger partial charge in [0.05, 0.1) is 6.61 Å². The maximum Gasteiger partial charge on any atom is 0.226 e. The van der Waals surface area contributed by atoms with Crippen LogP contribution in [-0.4, -0.2) is 21.6 Å². The first-order valence-corrected chi connectivity index (χ1v) is 7.81. The molecule has 1 N–H and O–H groups in total. The van der Waals surface area contributed by atoms with E-state index in [1.165, 1.54) is 24.3 Å². The second-order valence-corrected chi connectivity index (χ2v) is 5.03. The van der Waals surface area contributed by atoms with Gasteiger partial charge in [-0.3, -0.25) is 0 Å². The normalized spacial score (nSPS) is 10.3. The van der Waals surface area contributed by atoms with Gasteiger partial charge in [0.15, 0.2) is 0 Å². The highest BCUT2D eigenvalue weighted by Gasteiger charge is 2.06. The summed E-state index contributed by atoms with van der Waals surface area (Å²) in [6, 6.07) is 11.1. The number of hydrogen-bond donors (Lipinski definition) is 1. The van der Waals surface area contributed by atoms with Crippen molar-refractivity contribution in [3.05, 3.63) is 66.2 Å². The molecule has 128 valence electrons. The largest absolute Gasteiger partial charge is 0.478 e. The summed E-state index contributed by atoms with van der Waals surface area (Å²) in [5, 5.41) is 3.11. The molecule has 0 fully saturated rings. The number of pyridine rings is 1. The van der Waals surface area contributed by atoms with Crippen LogP contribution in [0.5, 0.6) is 17.5 Å². The third-order valence-electron chi connectivity index (χ3n) is 3.23. The Balaban J connectivity index is 1.67. The number of rotatable bonds is 7. The molecule has 1 aromatic carbocycles. The van der Waals surface area contributed by atoms with E-state index in [2.05, 4.69) is 20.3 Å². The van der Waals surface area contributed by atoms with Gasteiger partial charge in [0, 0.05) is 30.6 Å². The van der Waals surface area contributed by atoms with Gasteiger partial charge in [0.1, 0.15) is 11.6 Å². The van der Waals surface area contributed by atoms with E-state index in [4.69, 9.17) is 9.47 Å². The molecule has 0 bridgehead atoms. The maximum absolute atomic E-state index is 12.9. The van der Waals surface area contributed by atoms with Crippen molar-refractivity contribution in [2.45, 2.75) is 13.5 Å². The highest BCUT2D eigenvalue weighted by molar-refractivity contribution is 5.34. The van der Waals surface area contributed by atoms with Crippen molar-refractivity contribution in [1.29, 1.82) is 0 Å². The van der Waals surface area contributed by atoms with E-state index < -0.39 is 0 Å². The van der Waals surface area contributed by atoms with Gasteiger partial charge in [-0.1, -0.05) is 6.07 Å². The third-order valence-corrected chi connectivity index (χ3v) is 3.23. The van der Waals surface area contributed by atoms with Gasteiger partial charge in [-0.05, 0) is 37.3 Å². The van der Waals surface area contributed by atoms with E-state index in [0.717, 1.165) is 5.56 Å². The predicted molar refractivity (Wildman–Crippen MR) is 91.2 cm³/mol. The molecule has 0 saturated heterocycles. The van der Waals surface area contributed by atoms with E-state index in [-0.39, 0.29) is 5.82 Å². The summed E-state index contributed by atoms with van der Waals surface area (Å²) in [6.45, 7) is 2.91. The van der Waals surface area contributed by atoms with Crippen LogP contribution in [0.25, 0.3) is 0 Å². The van der Waals surface area contributed by atoms with E-state index in [1.54, 1.807) is 18.5 Å². The molecule has 0 aliphatic carbocycles. The fourth-order valence-electron chi connectivity index (χ4n) is 2.11. The third kappa shape index (κ3) is 4.63. The summed E-state index contributed by atoms with van der Waals surface area (Å²) in [5.41, 5.74) is 0.901. The summed E-state index contributed by atoms with van der Waals surface area (Å²) in [7, 11) is 0. The van der Waals surface area contributed by atoms with Crippen molar-refractivity contribution >= 4 is 5.95 Å². The first-order chi connectivity index (χ1) is 12.2. The first-order valence-electron chi connectivity index (χ1n) is 7.81. The summed E-state index contributed by atoms with van der Waals surface area (Å²) in [5.74, 6) is 1.53. The predicted octanol–water partition coefficient (Wildman–Crippen LogP) is 3.81. The van der Waals surface area contributed by atoms with Crippen LogP contribution in [0.1, 0.15) is 12.5 Å². The molecule has 0 aliphatic heterocycles. The van der Waals surface area contributed by atoms with Gasteiger partial charge in [-0.25, -0.2) is 14.4 Å². The molecule has 2 heterocycles. The molecule has 0 unspecified atom stereocenters. The fourth-order valence-corrected chi connectivity index (χ4v) is 2.11. The van der Waals surface area contributed by atoms with Gasteiger partial charge in [-0.15, -0.1) is 0 Å². The second-order valence-electron chi connectivity index (χ2n) is 5.03. The molecular weight excluding hydrogens is 323 g/mol. The lowest BCUT2D eigenvalue weighted by Gasteiger charge is -2.10. The summed E-state index contributed by atoms with van der Waals surface area (Å²) in [4.78, 5) is 12.6. The second kappa shape index (κ2) is 8.05. The van der Waals surface area contributed by atoms with Crippen LogP contribution in [0, 0.1) is 5.82 Å². The molecule has 25 heavy (non-hydrogen) atoms. The number of benzene rings is 1. The fraction of sp³-hybridized carbons (Fsp3) is 0.167. The molecule has 0 spiro atoms. The Morgan fingerprint density at radius 2 is 1.88 bits per heavy atom. The Kier molecular flexibility index (Phi) is 5.36. The first kappa shape index (κ1) is 16.6. The van der Waals surface area contributed by atoms with Crippen LogP contribution in [0.4, 0.5) is 10.3 Å². The zero-order valence-electron chi connectivity index (χ0n) is 13.6. The van der Waals surface area contributed by atoms with Crippen LogP contribution >= 0.6 is 0 Å². The quantitative estimate of drug-likeness (QED) is 0.705. The molecule has 0 aliphatic rings. The molecular formula is C18H17FN4O2. The van der Waals surface area contributed by atoms with Crippen molar-refractivity contribution in [3.63, 3.8) is 0 Å². The van der Waals surface area contributed by atoms with Crippen molar-refractivity contribution in [2.24, 2.45) is 0 Å². The Morgan fingerprint density at radius 1 is 1.04 bits per heavy atom. The average molecular weight is 340 g/mol. The number of anilines is 1. The number of nitrogens with zero attached hydrogens (tertiary/aromatic N) is 3. The molecule has 0 atom stereocenters. The number of hydrogen-bond acceptors (Lipinski definition) is 6. The Labute approximate surface area is 144 Å². The average Bonchev–Trinajstić information content (AvgIpc) is 2.64. The lowest BCUT2D eigenvalue weighted by Crippen LogP contribution is -2.07. The molecule has 6 nitrogen and oxygen atoms in total. The molecule has 3 rings (SSSR count). The van der Waals surface area contributed by atoms with Crippen LogP contribution in [0.15, 0.2) is 54.9 Å². The molecule has 2 aromatic heterocycles. The van der Waals surface area contributed by atoms with Gasteiger partial charge in [0.2, 0.25) is 17.7 Å². The van der Waals surface area contributed by atoms with Crippen molar-refractivity contribution in [2.75, 3.05) is 11.9 Å². The molecule has 0 radical (unpaired) electrons. The minimum absolute atomic E-state index is 0.320. The van der Waals surface area contributed by atoms with Crippen molar-refractivity contribution < 1.29 is 13.9 Å². The summed E-state index contributed by atoms with van der Waals surface area (Å²) < 4.78 is 24.0. The number of nitrogens with one attached hydrogen (secondary N) is 1. The van der Waals surface area contributed by atoms with E-state index in [0.29, 0.717) is 36.6 Å². The summed E-state index contributed by atoms with van der Waals surface area (Å²) >= 11 is 0. The van der Waals surface area contributed by atoms with Crippen LogP contribution in [0.3, 0.4) is 0 Å². The number of halogens is 1. The Morgan fingerprint density at radius 3 is 2.68 bits per heavy atom. The SMILES string of the molecule is CCOc1ncccc1CNc1nccc(Oc2ccc(F)cc2)n1. The van der Waals surface area contributed by atoms with Crippen LogP contribution in [0.2, 0.25) is 0 Å². The van der Waals surface area contributed by atoms with Crippen molar-refractivity contribution in [1.82, 2.24) is 15.0 Å². The highest BCUT2D eigenvalue weighted by atomic mass is 19.1. The Hall–Kier alpha value is -3.22. The zero-order valence-corrected chi connectivity index (χ0v) is 13.6. The van der Waals surface area contributed by atoms with Gasteiger partial charge >= 0.3 is 0 Å². The Bertz CT molecular complexity index is 827. The summed E-state index contributed by atoms with van der Waals surface area (Å²) in [6.07, 6.45) is 3.27. The van der Waals surface area contributed by atoms with Crippen LogP contribution < -0.4 is 14.8 Å². The van der Waals surface area contributed by atoms with Gasteiger partial charge in [0.25, 0.3) is 0 Å². The molecule has 3 aromatic rings. The van der Waals surface area contributed by atoms with Gasteiger partial charge < -0.3 is 14.8 Å². The van der Waals surface area contributed by atoms with E-state index in [1.807, 2.05) is 19.1 Å². The molecule has 0 saturated carbocycles. The smallest absolute Gasteiger partial charge is 0.226 e. The lowest BCUT2D eigenvalue weighted by molar-refractivity contribution is 0.323. The number of aromatic nitrogens is 3. The lowest BCUT2D eigenvalue weighted by atomic mass is 10.2. The zero-order chi connectivity index (χ0) is 17.5. The highest BCUT2D eigenvalue weighted by Crippen LogP contribution is 2.21.